The minimum absolute atomic E-state index is 0.0690. The van der Waals surface area contributed by atoms with Crippen molar-refractivity contribution in [2.45, 2.75) is 96.8 Å². The van der Waals surface area contributed by atoms with Crippen LogP contribution in [0.15, 0.2) is 12.2 Å². The Morgan fingerprint density at radius 1 is 0.826 bits per heavy atom. The molecular formula is C20H38O2S. The van der Waals surface area contributed by atoms with Crippen LogP contribution in [0.4, 0.5) is 0 Å². The molecule has 0 radical (unpaired) electrons. The van der Waals surface area contributed by atoms with Gasteiger partial charge in [0, 0.05) is 12.2 Å². The van der Waals surface area contributed by atoms with Crippen molar-refractivity contribution in [1.29, 1.82) is 0 Å². The van der Waals surface area contributed by atoms with E-state index in [2.05, 4.69) is 31.7 Å². The van der Waals surface area contributed by atoms with E-state index >= 15 is 0 Å². The molecule has 0 aromatic rings. The molecule has 0 heterocycles. The molecule has 0 atom stereocenters. The highest BCUT2D eigenvalue weighted by atomic mass is 32.1. The van der Waals surface area contributed by atoms with Gasteiger partial charge in [-0.25, -0.2) is 0 Å². The summed E-state index contributed by atoms with van der Waals surface area (Å²) in [7, 11) is 0. The van der Waals surface area contributed by atoms with Gasteiger partial charge >= 0.3 is 5.97 Å². The average Bonchev–Trinajstić information content (AvgIpc) is 2.56. The molecule has 0 aliphatic heterocycles. The molecule has 0 unspecified atom stereocenters. The summed E-state index contributed by atoms with van der Waals surface area (Å²) < 4.78 is 4.99. The van der Waals surface area contributed by atoms with Crippen LogP contribution in [0.25, 0.3) is 0 Å². The molecule has 3 heteroatoms. The van der Waals surface area contributed by atoms with Crippen LogP contribution in [-0.2, 0) is 9.53 Å². The number of ether oxygens (including phenoxy) is 1. The van der Waals surface area contributed by atoms with Crippen LogP contribution in [0.5, 0.6) is 0 Å². The van der Waals surface area contributed by atoms with Gasteiger partial charge in [0.2, 0.25) is 0 Å². The Morgan fingerprint density at radius 3 is 1.91 bits per heavy atom. The second-order valence-electron chi connectivity index (χ2n) is 6.28. The van der Waals surface area contributed by atoms with E-state index in [9.17, 15) is 4.79 Å². The van der Waals surface area contributed by atoms with Crippen LogP contribution in [0.1, 0.15) is 96.8 Å². The monoisotopic (exact) mass is 342 g/mol. The molecule has 0 bridgehead atoms. The van der Waals surface area contributed by atoms with Crippen molar-refractivity contribution >= 4 is 18.6 Å². The van der Waals surface area contributed by atoms with E-state index in [-0.39, 0.29) is 5.97 Å². The molecule has 0 saturated carbocycles. The van der Waals surface area contributed by atoms with Crippen LogP contribution in [-0.4, -0.2) is 18.3 Å². The maximum absolute atomic E-state index is 11.3. The number of esters is 1. The molecule has 0 aliphatic carbocycles. The third-order valence-corrected chi connectivity index (χ3v) is 4.18. The van der Waals surface area contributed by atoms with Crippen molar-refractivity contribution in [3.05, 3.63) is 12.2 Å². The third-order valence-electron chi connectivity index (χ3n) is 4.00. The fraction of sp³-hybridized carbons (Fsp3) is 0.850. The fourth-order valence-electron chi connectivity index (χ4n) is 2.57. The molecule has 0 amide bonds. The first-order valence-electron chi connectivity index (χ1n) is 9.72. The zero-order valence-electron chi connectivity index (χ0n) is 15.2. The summed E-state index contributed by atoms with van der Waals surface area (Å²) in [6.45, 7) is 2.70. The smallest absolute Gasteiger partial charge is 0.305 e. The van der Waals surface area contributed by atoms with Gasteiger partial charge in [0.05, 0.1) is 0 Å². The fourth-order valence-corrected chi connectivity index (χ4v) is 2.66. The van der Waals surface area contributed by atoms with Crippen LogP contribution in [0.2, 0.25) is 0 Å². The lowest BCUT2D eigenvalue weighted by Gasteiger charge is -2.03. The lowest BCUT2D eigenvalue weighted by atomic mass is 10.1. The predicted octanol–water partition coefficient (Wildman–Crippen LogP) is 6.50. The Labute approximate surface area is 149 Å². The van der Waals surface area contributed by atoms with E-state index < -0.39 is 0 Å². The second-order valence-corrected chi connectivity index (χ2v) is 6.73. The lowest BCUT2D eigenvalue weighted by Crippen LogP contribution is -2.06. The van der Waals surface area contributed by atoms with Gasteiger partial charge in [-0.2, -0.15) is 12.6 Å². The number of unbranched alkanes of at least 4 members (excludes halogenated alkanes) is 11. The second kappa shape index (κ2) is 19.6. The van der Waals surface area contributed by atoms with Gasteiger partial charge in [0.15, 0.2) is 0 Å². The van der Waals surface area contributed by atoms with E-state index in [0.717, 1.165) is 12.8 Å². The minimum atomic E-state index is -0.0690. The molecule has 0 spiro atoms. The predicted molar refractivity (Wildman–Crippen MR) is 104 cm³/mol. The summed E-state index contributed by atoms with van der Waals surface area (Å²) in [6.07, 6.45) is 21.9. The molecule has 0 rings (SSSR count). The van der Waals surface area contributed by atoms with E-state index in [1.165, 1.54) is 70.6 Å². The van der Waals surface area contributed by atoms with Crippen LogP contribution in [0, 0.1) is 0 Å². The molecule has 2 nitrogen and oxygen atoms in total. The molecule has 0 aliphatic rings. The minimum Gasteiger partial charge on any atom is -0.465 e. The van der Waals surface area contributed by atoms with Crippen molar-refractivity contribution in [2.75, 3.05) is 12.4 Å². The highest BCUT2D eigenvalue weighted by Crippen LogP contribution is 2.11. The van der Waals surface area contributed by atoms with Crippen molar-refractivity contribution in [3.8, 4) is 0 Å². The normalized spacial score (nSPS) is 11.2. The summed E-state index contributed by atoms with van der Waals surface area (Å²) in [5, 5.41) is 0. The topological polar surface area (TPSA) is 26.3 Å². The van der Waals surface area contributed by atoms with Gasteiger partial charge in [-0.15, -0.1) is 0 Å². The average molecular weight is 343 g/mol. The first-order valence-corrected chi connectivity index (χ1v) is 10.4. The van der Waals surface area contributed by atoms with Crippen LogP contribution >= 0.6 is 12.6 Å². The van der Waals surface area contributed by atoms with Crippen LogP contribution < -0.4 is 0 Å². The largest absolute Gasteiger partial charge is 0.465 e. The number of thiol groups is 1. The first kappa shape index (κ1) is 22.6. The summed E-state index contributed by atoms with van der Waals surface area (Å²) in [5.74, 6) is 0.542. The standard InChI is InChI=1S/C20H38O2S/c1-2-3-4-5-6-7-8-9-10-11-12-13-14-15-16-17-20(21)22-18-19-23/h7-8,23H,2-6,9-19H2,1H3/b8-7+. The van der Waals surface area contributed by atoms with Gasteiger partial charge in [0.1, 0.15) is 6.61 Å². The van der Waals surface area contributed by atoms with Gasteiger partial charge in [-0.05, 0) is 32.1 Å². The lowest BCUT2D eigenvalue weighted by molar-refractivity contribution is -0.143. The highest BCUT2D eigenvalue weighted by Gasteiger charge is 2.01. The Balaban J connectivity index is 3.13. The van der Waals surface area contributed by atoms with Crippen molar-refractivity contribution < 1.29 is 9.53 Å². The van der Waals surface area contributed by atoms with E-state index in [1.807, 2.05) is 0 Å². The molecular weight excluding hydrogens is 304 g/mol. The number of hydrogen-bond acceptors (Lipinski definition) is 3. The maximum Gasteiger partial charge on any atom is 0.305 e. The number of hydrogen-bond donors (Lipinski definition) is 1. The van der Waals surface area contributed by atoms with Crippen molar-refractivity contribution in [2.24, 2.45) is 0 Å². The molecule has 0 saturated heterocycles. The number of rotatable bonds is 17. The van der Waals surface area contributed by atoms with Gasteiger partial charge in [-0.3, -0.25) is 4.79 Å². The first-order chi connectivity index (χ1) is 11.3. The third kappa shape index (κ3) is 19.5. The molecule has 0 aromatic carbocycles. The van der Waals surface area contributed by atoms with E-state index in [0.29, 0.717) is 18.8 Å². The number of allylic oxidation sites excluding steroid dienone is 2. The van der Waals surface area contributed by atoms with Crippen LogP contribution in [0.3, 0.4) is 0 Å². The highest BCUT2D eigenvalue weighted by molar-refractivity contribution is 7.80. The van der Waals surface area contributed by atoms with Gasteiger partial charge < -0.3 is 4.74 Å². The Morgan fingerprint density at radius 2 is 1.35 bits per heavy atom. The van der Waals surface area contributed by atoms with Gasteiger partial charge in [-0.1, -0.05) is 70.4 Å². The maximum atomic E-state index is 11.3. The summed E-state index contributed by atoms with van der Waals surface area (Å²) >= 11 is 4.01. The quantitative estimate of drug-likeness (QED) is 0.141. The van der Waals surface area contributed by atoms with E-state index in [1.54, 1.807) is 0 Å². The molecule has 0 fully saturated rings. The Kier molecular flexibility index (Phi) is 19.2. The van der Waals surface area contributed by atoms with Crippen molar-refractivity contribution in [3.63, 3.8) is 0 Å². The number of carbonyl (C=O) groups excluding carboxylic acids is 1. The summed E-state index contributed by atoms with van der Waals surface area (Å²) in [6, 6.07) is 0. The molecule has 0 N–H and O–H groups in total. The zero-order valence-corrected chi connectivity index (χ0v) is 16.1. The van der Waals surface area contributed by atoms with Crippen molar-refractivity contribution in [1.82, 2.24) is 0 Å². The molecule has 136 valence electrons. The Hall–Kier alpha value is -0.440. The van der Waals surface area contributed by atoms with Gasteiger partial charge in [0.25, 0.3) is 0 Å². The van der Waals surface area contributed by atoms with E-state index in [4.69, 9.17) is 4.74 Å². The molecule has 23 heavy (non-hydrogen) atoms. The summed E-state index contributed by atoms with van der Waals surface area (Å²) in [5.41, 5.74) is 0. The SMILES string of the molecule is CCCCCC/C=C/CCCCCCCCCC(=O)OCCS. The molecule has 0 aromatic heterocycles. The number of carbonyl (C=O) groups is 1. The Bertz CT molecular complexity index is 277. The zero-order chi connectivity index (χ0) is 17.0. The summed E-state index contributed by atoms with van der Waals surface area (Å²) in [4.78, 5) is 11.3.